The molecule has 1 fully saturated rings. The van der Waals surface area contributed by atoms with Crippen LogP contribution in [0.4, 0.5) is 5.95 Å². The molecule has 5 heteroatoms. The van der Waals surface area contributed by atoms with Gasteiger partial charge in [0, 0.05) is 37.6 Å². The second kappa shape index (κ2) is 7.33. The topological polar surface area (TPSA) is 67.1 Å². The first-order valence-electron chi connectivity index (χ1n) is 7.84. The summed E-state index contributed by atoms with van der Waals surface area (Å²) in [5.41, 5.74) is 8.11. The first-order chi connectivity index (χ1) is 10.8. The van der Waals surface area contributed by atoms with Crippen LogP contribution in [0.5, 0.6) is 0 Å². The number of nitrogens with zero attached hydrogens (tertiary/aromatic N) is 3. The maximum Gasteiger partial charge on any atom is 0.222 e. The molecule has 3 rings (SSSR count). The predicted octanol–water partition coefficient (Wildman–Crippen LogP) is 1.87. The minimum Gasteiger partial charge on any atom is -0.350 e. The zero-order valence-corrected chi connectivity index (χ0v) is 12.8. The third kappa shape index (κ3) is 4.02. The van der Waals surface area contributed by atoms with Gasteiger partial charge in [-0.2, -0.15) is 0 Å². The first-order valence-corrected chi connectivity index (χ1v) is 7.84. The van der Waals surface area contributed by atoms with Crippen molar-refractivity contribution in [2.45, 2.75) is 19.5 Å². The lowest BCUT2D eigenvalue weighted by molar-refractivity contribution is 0.317. The molecule has 0 spiro atoms. The van der Waals surface area contributed by atoms with Crippen molar-refractivity contribution in [1.82, 2.24) is 14.9 Å². The fraction of sp³-hybridized carbons (Fsp3) is 0.412. The molecular formula is C17H23N5. The van der Waals surface area contributed by atoms with E-state index < -0.39 is 0 Å². The Kier molecular flexibility index (Phi) is 4.98. The van der Waals surface area contributed by atoms with E-state index in [1.807, 2.05) is 30.6 Å². The van der Waals surface area contributed by atoms with Gasteiger partial charge in [-0.3, -0.25) is 4.90 Å². The molecule has 5 nitrogen and oxygen atoms in total. The monoisotopic (exact) mass is 297 g/mol. The van der Waals surface area contributed by atoms with E-state index in [4.69, 9.17) is 5.73 Å². The van der Waals surface area contributed by atoms with Crippen molar-refractivity contribution >= 4 is 5.95 Å². The minimum atomic E-state index is 0.646. The molecule has 0 bridgehead atoms. The van der Waals surface area contributed by atoms with Gasteiger partial charge in [-0.05, 0) is 31.0 Å². The number of hydrogen-bond donors (Lipinski definition) is 2. The Hall–Kier alpha value is -1.98. The minimum absolute atomic E-state index is 0.646. The van der Waals surface area contributed by atoms with E-state index in [9.17, 15) is 0 Å². The molecule has 1 aliphatic heterocycles. The van der Waals surface area contributed by atoms with Gasteiger partial charge in [0.2, 0.25) is 5.95 Å². The smallest absolute Gasteiger partial charge is 0.222 e. The Balaban J connectivity index is 1.50. The lowest BCUT2D eigenvalue weighted by Gasteiger charge is -2.15. The van der Waals surface area contributed by atoms with E-state index in [0.717, 1.165) is 38.3 Å². The number of nitrogens with one attached hydrogen (secondary N) is 1. The molecule has 22 heavy (non-hydrogen) atoms. The Morgan fingerprint density at radius 2 is 1.91 bits per heavy atom. The lowest BCUT2D eigenvalue weighted by atomic mass is 10.1. The van der Waals surface area contributed by atoms with Crippen LogP contribution in [0.25, 0.3) is 0 Å². The molecule has 0 amide bonds. The summed E-state index contributed by atoms with van der Waals surface area (Å²) in [6.07, 6.45) is 5.03. The number of hydrogen-bond acceptors (Lipinski definition) is 5. The van der Waals surface area contributed by atoms with Gasteiger partial charge in [0.1, 0.15) is 0 Å². The van der Waals surface area contributed by atoms with Gasteiger partial charge < -0.3 is 11.1 Å². The van der Waals surface area contributed by atoms with Gasteiger partial charge in [-0.15, -0.1) is 0 Å². The molecule has 2 heterocycles. The van der Waals surface area contributed by atoms with E-state index in [2.05, 4.69) is 32.3 Å². The summed E-state index contributed by atoms with van der Waals surface area (Å²) in [7, 11) is 0. The van der Waals surface area contributed by atoms with Gasteiger partial charge in [0.05, 0.1) is 0 Å². The van der Waals surface area contributed by atoms with Gasteiger partial charge in [0.25, 0.3) is 0 Å². The highest BCUT2D eigenvalue weighted by Gasteiger charge is 2.21. The van der Waals surface area contributed by atoms with Crippen LogP contribution in [-0.4, -0.2) is 34.5 Å². The summed E-state index contributed by atoms with van der Waals surface area (Å²) >= 11 is 0. The summed E-state index contributed by atoms with van der Waals surface area (Å²) < 4.78 is 0. The Morgan fingerprint density at radius 3 is 2.59 bits per heavy atom. The third-order valence-electron chi connectivity index (χ3n) is 4.11. The maximum atomic E-state index is 5.73. The fourth-order valence-electron chi connectivity index (χ4n) is 2.81. The Labute approximate surface area is 131 Å². The first kappa shape index (κ1) is 14.9. The van der Waals surface area contributed by atoms with Crippen molar-refractivity contribution in [3.63, 3.8) is 0 Å². The van der Waals surface area contributed by atoms with Gasteiger partial charge in [-0.25, -0.2) is 9.97 Å². The molecule has 0 saturated carbocycles. The normalized spacial score (nSPS) is 18.5. The average molecular weight is 297 g/mol. The second-order valence-electron chi connectivity index (χ2n) is 5.88. The summed E-state index contributed by atoms with van der Waals surface area (Å²) in [5.74, 6) is 1.32. The second-order valence-corrected chi connectivity index (χ2v) is 5.88. The molecule has 1 aromatic carbocycles. The van der Waals surface area contributed by atoms with Crippen molar-refractivity contribution in [3.05, 3.63) is 53.9 Å². The Morgan fingerprint density at radius 1 is 1.14 bits per heavy atom. The zero-order valence-electron chi connectivity index (χ0n) is 12.8. The zero-order chi connectivity index (χ0) is 15.2. The quantitative estimate of drug-likeness (QED) is 0.852. The van der Waals surface area contributed by atoms with Gasteiger partial charge >= 0.3 is 0 Å². The van der Waals surface area contributed by atoms with E-state index in [0.29, 0.717) is 11.9 Å². The van der Waals surface area contributed by atoms with Crippen molar-refractivity contribution < 1.29 is 0 Å². The van der Waals surface area contributed by atoms with Crippen molar-refractivity contribution in [3.8, 4) is 0 Å². The van der Waals surface area contributed by atoms with Crippen LogP contribution in [0.2, 0.25) is 0 Å². The number of anilines is 1. The third-order valence-corrected chi connectivity index (χ3v) is 4.11. The molecule has 3 N–H and O–H groups in total. The van der Waals surface area contributed by atoms with Crippen LogP contribution in [-0.2, 0) is 13.1 Å². The summed E-state index contributed by atoms with van der Waals surface area (Å²) in [4.78, 5) is 11.2. The number of rotatable bonds is 6. The van der Waals surface area contributed by atoms with Crippen LogP contribution in [0.15, 0.2) is 42.7 Å². The van der Waals surface area contributed by atoms with Crippen molar-refractivity contribution in [2.75, 3.05) is 25.0 Å². The fourth-order valence-corrected chi connectivity index (χ4v) is 2.81. The van der Waals surface area contributed by atoms with Gasteiger partial charge in [-0.1, -0.05) is 30.3 Å². The molecule has 116 valence electrons. The summed E-state index contributed by atoms with van der Waals surface area (Å²) in [6, 6.07) is 10.3. The predicted molar refractivity (Wildman–Crippen MR) is 88.2 cm³/mol. The molecular weight excluding hydrogens is 274 g/mol. The molecule has 1 aromatic heterocycles. The molecule has 1 saturated heterocycles. The van der Waals surface area contributed by atoms with E-state index in [1.54, 1.807) is 0 Å². The number of benzene rings is 1. The van der Waals surface area contributed by atoms with Gasteiger partial charge in [0.15, 0.2) is 0 Å². The van der Waals surface area contributed by atoms with Crippen LogP contribution in [0, 0.1) is 5.92 Å². The highest BCUT2D eigenvalue weighted by Crippen LogP contribution is 2.17. The van der Waals surface area contributed by atoms with E-state index in [1.165, 1.54) is 12.0 Å². The molecule has 1 atom stereocenters. The number of nitrogens with two attached hydrogens (primary N) is 1. The largest absolute Gasteiger partial charge is 0.350 e. The van der Waals surface area contributed by atoms with Crippen LogP contribution >= 0.6 is 0 Å². The number of aromatic nitrogens is 2. The van der Waals surface area contributed by atoms with Crippen LogP contribution < -0.4 is 11.1 Å². The maximum absolute atomic E-state index is 5.73. The van der Waals surface area contributed by atoms with E-state index in [-0.39, 0.29) is 0 Å². The van der Waals surface area contributed by atoms with Crippen molar-refractivity contribution in [2.24, 2.45) is 11.7 Å². The molecule has 0 radical (unpaired) electrons. The molecule has 1 aliphatic rings. The summed E-state index contributed by atoms with van der Waals surface area (Å²) in [5, 5.41) is 3.25. The standard InChI is InChI=1S/C17H23N5/c18-8-15-6-7-22(12-15)13-16-10-20-17(21-11-16)19-9-14-4-2-1-3-5-14/h1-5,10-11,15H,6-9,12-13,18H2,(H,19,20,21)/t15-/m0/s1. The summed E-state index contributed by atoms with van der Waals surface area (Å²) in [6.45, 7) is 4.65. The van der Waals surface area contributed by atoms with Crippen molar-refractivity contribution in [1.29, 1.82) is 0 Å². The highest BCUT2D eigenvalue weighted by molar-refractivity contribution is 5.27. The highest BCUT2D eigenvalue weighted by atomic mass is 15.2. The van der Waals surface area contributed by atoms with E-state index >= 15 is 0 Å². The molecule has 0 aliphatic carbocycles. The van der Waals surface area contributed by atoms with Crippen LogP contribution in [0.1, 0.15) is 17.5 Å². The number of likely N-dealkylation sites (tertiary alicyclic amines) is 1. The SMILES string of the molecule is NC[C@@H]1CCN(Cc2cnc(NCc3ccccc3)nc2)C1. The molecule has 2 aromatic rings. The average Bonchev–Trinajstić information content (AvgIpc) is 3.03. The Bertz CT molecular complexity index is 569. The molecule has 0 unspecified atom stereocenters. The van der Waals surface area contributed by atoms with Crippen LogP contribution in [0.3, 0.4) is 0 Å². The lowest BCUT2D eigenvalue weighted by Crippen LogP contribution is -2.23.